The third-order valence-electron chi connectivity index (χ3n) is 1.62. The number of hydrogen-bond acceptors (Lipinski definition) is 5. The zero-order chi connectivity index (χ0) is 10.1. The van der Waals surface area contributed by atoms with Gasteiger partial charge in [-0.3, -0.25) is 0 Å². The molecule has 0 aliphatic rings. The van der Waals surface area contributed by atoms with Gasteiger partial charge >= 0.3 is 29.6 Å². The first-order valence-corrected chi connectivity index (χ1v) is 5.20. The van der Waals surface area contributed by atoms with Crippen LogP contribution in [0.3, 0.4) is 0 Å². The van der Waals surface area contributed by atoms with E-state index in [0.29, 0.717) is 10.7 Å². The van der Waals surface area contributed by atoms with Crippen molar-refractivity contribution in [3.8, 4) is 5.75 Å². The van der Waals surface area contributed by atoms with E-state index in [4.69, 9.17) is 0 Å². The fourth-order valence-electron chi connectivity index (χ4n) is 1.12. The number of nitrogens with one attached hydrogen (secondary N) is 1. The van der Waals surface area contributed by atoms with E-state index in [1.807, 2.05) is 0 Å². The fraction of sp³-hybridized carbons (Fsp3) is 0. The van der Waals surface area contributed by atoms with Crippen molar-refractivity contribution in [1.82, 2.24) is 9.97 Å². The van der Waals surface area contributed by atoms with Crippen LogP contribution in [0.4, 0.5) is 0 Å². The van der Waals surface area contributed by atoms with Gasteiger partial charge < -0.3 is 20.1 Å². The number of nitrogens with zero attached hydrogens (tertiary/aromatic N) is 1. The van der Waals surface area contributed by atoms with Crippen molar-refractivity contribution in [2.75, 3.05) is 0 Å². The number of aromatic nitrogens is 2. The second kappa shape index (κ2) is 7.93. The molecule has 0 saturated carbocycles. The number of benzene rings is 1. The quantitative estimate of drug-likeness (QED) is 0.456. The first-order chi connectivity index (χ1) is 6.65. The van der Waals surface area contributed by atoms with Gasteiger partial charge in [-0.2, -0.15) is 8.42 Å². The summed E-state index contributed by atoms with van der Waals surface area (Å²) in [5.74, 6) is 0.244. The second-order valence-corrected chi connectivity index (χ2v) is 3.61. The van der Waals surface area contributed by atoms with Crippen LogP contribution in [0, 0.1) is 0 Å². The van der Waals surface area contributed by atoms with Gasteiger partial charge in [0.25, 0.3) is 11.0 Å². The van der Waals surface area contributed by atoms with Gasteiger partial charge in [0.05, 0.1) is 11.0 Å². The molecule has 0 aliphatic heterocycles. The number of thiol groups is 2. The van der Waals surface area contributed by atoms with Crippen LogP contribution >= 0.6 is 12.6 Å². The van der Waals surface area contributed by atoms with Crippen LogP contribution in [0.15, 0.2) is 23.4 Å². The van der Waals surface area contributed by atoms with Crippen LogP contribution in [0.5, 0.6) is 5.75 Å². The molecular formula is C7H11N2NaO5S2. The van der Waals surface area contributed by atoms with Crippen LogP contribution in [0.2, 0.25) is 0 Å². The maximum absolute atomic E-state index is 10.3. The Balaban J connectivity index is 0. The molecular weight excluding hydrogens is 279 g/mol. The van der Waals surface area contributed by atoms with Crippen LogP contribution in [-0.2, 0) is 11.0 Å². The molecule has 0 unspecified atom stereocenters. The van der Waals surface area contributed by atoms with Crippen molar-refractivity contribution < 1.29 is 23.6 Å². The summed E-state index contributed by atoms with van der Waals surface area (Å²) < 4.78 is 25.1. The molecule has 10 heteroatoms. The Bertz CT molecular complexity index is 548. The van der Waals surface area contributed by atoms with Crippen molar-refractivity contribution in [2.24, 2.45) is 0 Å². The van der Waals surface area contributed by atoms with Gasteiger partial charge in [0.1, 0.15) is 5.75 Å². The molecule has 0 amide bonds. The van der Waals surface area contributed by atoms with Crippen LogP contribution in [-0.4, -0.2) is 58.9 Å². The molecule has 1 heterocycles. The molecule has 0 bridgehead atoms. The second-order valence-electron chi connectivity index (χ2n) is 2.55. The van der Waals surface area contributed by atoms with E-state index in [2.05, 4.69) is 26.8 Å². The Morgan fingerprint density at radius 2 is 1.94 bits per heavy atom. The van der Waals surface area contributed by atoms with Crippen molar-refractivity contribution in [3.05, 3.63) is 18.2 Å². The molecule has 0 aliphatic carbocycles. The fourth-order valence-corrected chi connectivity index (χ4v) is 1.63. The summed E-state index contributed by atoms with van der Waals surface area (Å²) in [7, 11) is -2.88. The van der Waals surface area contributed by atoms with Gasteiger partial charge in [-0.15, -0.1) is 12.6 Å². The van der Waals surface area contributed by atoms with Crippen LogP contribution in [0.1, 0.15) is 0 Å². The standard InChI is InChI=1S/C7H6N2O3S2.Na.2H2O.H/c10-14(11)12-4-1-2-5-6(3-4)9-7(13)8-5;;;;/h1-3,14H,(H2,8,9,13);;2*1H2;. The normalized spacial score (nSPS) is 9.06. The van der Waals surface area contributed by atoms with E-state index in [1.54, 1.807) is 12.1 Å². The summed E-state index contributed by atoms with van der Waals surface area (Å²) in [6, 6.07) is 4.74. The van der Waals surface area contributed by atoms with Gasteiger partial charge in [-0.05, 0) is 12.1 Å². The predicted molar refractivity (Wildman–Crippen MR) is 68.7 cm³/mol. The third kappa shape index (κ3) is 4.84. The molecule has 0 radical (unpaired) electrons. The number of fused-ring (bicyclic) bond motifs is 1. The zero-order valence-corrected chi connectivity index (χ0v) is 9.59. The summed E-state index contributed by atoms with van der Waals surface area (Å²) in [5.41, 5.74) is 1.40. The number of H-pyrrole nitrogens is 1. The zero-order valence-electron chi connectivity index (χ0n) is 7.80. The van der Waals surface area contributed by atoms with Gasteiger partial charge in [0, 0.05) is 6.07 Å². The molecule has 7 nitrogen and oxygen atoms in total. The molecule has 2 aromatic rings. The monoisotopic (exact) mass is 290 g/mol. The number of aromatic amines is 1. The molecule has 0 fully saturated rings. The van der Waals surface area contributed by atoms with E-state index in [9.17, 15) is 8.42 Å². The first kappa shape index (κ1) is 19.1. The van der Waals surface area contributed by atoms with E-state index < -0.39 is 11.0 Å². The Kier molecular flexibility index (Phi) is 8.89. The summed E-state index contributed by atoms with van der Waals surface area (Å²) >= 11 is 4.02. The van der Waals surface area contributed by atoms with E-state index in [-0.39, 0.29) is 46.3 Å². The Labute approximate surface area is 126 Å². The molecule has 17 heavy (non-hydrogen) atoms. The van der Waals surface area contributed by atoms with Crippen molar-refractivity contribution >= 4 is 64.2 Å². The molecule has 1 aromatic heterocycles. The SMILES string of the molecule is O.O.O=[SH](=O)Oc1ccc2[nH]c(S)nc2c1.[NaH]. The number of rotatable bonds is 2. The molecule has 0 spiro atoms. The summed E-state index contributed by atoms with van der Waals surface area (Å²) in [4.78, 5) is 6.90. The van der Waals surface area contributed by atoms with E-state index in [1.165, 1.54) is 6.07 Å². The van der Waals surface area contributed by atoms with Crippen molar-refractivity contribution in [1.29, 1.82) is 0 Å². The number of hydrogen-bond donors (Lipinski definition) is 3. The molecule has 1 aromatic carbocycles. The van der Waals surface area contributed by atoms with Gasteiger partial charge in [0.2, 0.25) is 0 Å². The van der Waals surface area contributed by atoms with Crippen molar-refractivity contribution in [3.63, 3.8) is 0 Å². The Morgan fingerprint density at radius 3 is 2.53 bits per heavy atom. The molecule has 92 valence electrons. The molecule has 0 saturated heterocycles. The molecule has 5 N–H and O–H groups in total. The minimum atomic E-state index is -2.88. The minimum absolute atomic E-state index is 0. The molecule has 2 rings (SSSR count). The van der Waals surface area contributed by atoms with Crippen molar-refractivity contribution in [2.45, 2.75) is 5.16 Å². The predicted octanol–water partition coefficient (Wildman–Crippen LogP) is -1.54. The van der Waals surface area contributed by atoms with E-state index >= 15 is 0 Å². The number of imidazole rings is 1. The van der Waals surface area contributed by atoms with Crippen LogP contribution < -0.4 is 4.18 Å². The van der Waals surface area contributed by atoms with E-state index in [0.717, 1.165) is 5.52 Å². The van der Waals surface area contributed by atoms with Crippen LogP contribution in [0.25, 0.3) is 11.0 Å². The Hall–Kier alpha value is -0.290. The summed E-state index contributed by atoms with van der Waals surface area (Å²) in [5, 5.41) is 0.476. The van der Waals surface area contributed by atoms with Gasteiger partial charge in [0.15, 0.2) is 5.16 Å². The van der Waals surface area contributed by atoms with Gasteiger partial charge in [-0.1, -0.05) is 0 Å². The average molecular weight is 290 g/mol. The topological polar surface area (TPSA) is 135 Å². The maximum atomic E-state index is 10.3. The average Bonchev–Trinajstić information content (AvgIpc) is 2.42. The Morgan fingerprint density at radius 1 is 1.29 bits per heavy atom. The first-order valence-electron chi connectivity index (χ1n) is 3.66. The summed E-state index contributed by atoms with van der Waals surface area (Å²) in [6.07, 6.45) is 0. The summed E-state index contributed by atoms with van der Waals surface area (Å²) in [6.45, 7) is 0. The van der Waals surface area contributed by atoms with Gasteiger partial charge in [-0.25, -0.2) is 4.98 Å². The molecule has 0 atom stereocenters. The third-order valence-corrected chi connectivity index (χ3v) is 2.19.